The Hall–Kier alpha value is -2.44. The minimum absolute atomic E-state index is 0.221. The summed E-state index contributed by atoms with van der Waals surface area (Å²) >= 11 is 0. The molecule has 4 rings (SSSR count). The maximum Gasteiger partial charge on any atom is 0.410 e. The van der Waals surface area contributed by atoms with E-state index in [1.54, 1.807) is 4.90 Å². The number of ether oxygens (including phenoxy) is 2. The van der Waals surface area contributed by atoms with Gasteiger partial charge in [0.15, 0.2) is 0 Å². The zero-order valence-electron chi connectivity index (χ0n) is 16.3. The number of aromatic nitrogens is 1. The summed E-state index contributed by atoms with van der Waals surface area (Å²) in [6, 6.07) is 13.1. The third-order valence-electron chi connectivity index (χ3n) is 5.70. The van der Waals surface area contributed by atoms with Crippen LogP contribution in [0.3, 0.4) is 0 Å². The van der Waals surface area contributed by atoms with Gasteiger partial charge in [0.25, 0.3) is 0 Å². The summed E-state index contributed by atoms with van der Waals surface area (Å²) in [7, 11) is 0. The Morgan fingerprint density at radius 1 is 1.18 bits per heavy atom. The van der Waals surface area contributed by atoms with Crippen molar-refractivity contribution in [2.75, 3.05) is 13.2 Å². The molecule has 2 fully saturated rings. The number of carbonyl (C=O) groups is 1. The summed E-state index contributed by atoms with van der Waals surface area (Å²) in [4.78, 5) is 19.1. The van der Waals surface area contributed by atoms with E-state index in [0.717, 1.165) is 22.5 Å². The number of aryl methyl sites for hydroxylation is 2. The van der Waals surface area contributed by atoms with Gasteiger partial charge in [0.05, 0.1) is 30.9 Å². The molecule has 6 heteroatoms. The summed E-state index contributed by atoms with van der Waals surface area (Å²) < 4.78 is 11.2. The second kappa shape index (κ2) is 7.53. The molecule has 1 amide bonds. The zero-order chi connectivity index (χ0) is 19.7. The number of hydrogen-bond acceptors (Lipinski definition) is 5. The smallest absolute Gasteiger partial charge is 0.410 e. The average Bonchev–Trinajstić information content (AvgIpc) is 2.66. The molecule has 2 aromatic rings. The number of fused-ring (bicyclic) bond motifs is 2. The van der Waals surface area contributed by atoms with Crippen molar-refractivity contribution < 1.29 is 19.4 Å². The van der Waals surface area contributed by atoms with Crippen molar-refractivity contribution in [2.45, 2.75) is 51.0 Å². The summed E-state index contributed by atoms with van der Waals surface area (Å²) in [6.45, 7) is 4.90. The number of piperidine rings is 1. The summed E-state index contributed by atoms with van der Waals surface area (Å²) in [5, 5.41) is 11.5. The van der Waals surface area contributed by atoms with Crippen LogP contribution in [0, 0.1) is 13.8 Å². The van der Waals surface area contributed by atoms with Gasteiger partial charge in [0.1, 0.15) is 6.61 Å². The van der Waals surface area contributed by atoms with Crippen molar-refractivity contribution in [3.63, 3.8) is 0 Å². The fraction of sp³-hybridized carbons (Fsp3) is 0.455. The topological polar surface area (TPSA) is 71.9 Å². The highest BCUT2D eigenvalue weighted by atomic mass is 16.6. The van der Waals surface area contributed by atoms with E-state index < -0.39 is 5.60 Å². The predicted octanol–water partition coefficient (Wildman–Crippen LogP) is 3.09. The van der Waals surface area contributed by atoms with Crippen LogP contribution in [0.1, 0.15) is 35.4 Å². The molecule has 0 aliphatic carbocycles. The first-order chi connectivity index (χ1) is 13.5. The highest BCUT2D eigenvalue weighted by Gasteiger charge is 2.50. The molecule has 6 nitrogen and oxygen atoms in total. The van der Waals surface area contributed by atoms with Crippen molar-refractivity contribution >= 4 is 6.09 Å². The standard InChI is InChI=1S/C22H26N2O4/c1-15-8-9-20(16(2)23-15)22(26)10-18-13-27-14-19(11-22)24(18)21(25)28-12-17-6-4-3-5-7-17/h3-9,18-19,26H,10-14H2,1-2H3. The van der Waals surface area contributed by atoms with E-state index in [4.69, 9.17) is 9.47 Å². The van der Waals surface area contributed by atoms with E-state index in [1.165, 1.54) is 0 Å². The molecule has 2 aliphatic rings. The molecule has 3 heterocycles. The van der Waals surface area contributed by atoms with Gasteiger partial charge in [-0.05, 0) is 25.5 Å². The van der Waals surface area contributed by atoms with Crippen LogP contribution >= 0.6 is 0 Å². The first-order valence-electron chi connectivity index (χ1n) is 9.70. The van der Waals surface area contributed by atoms with Crippen LogP contribution in [0.15, 0.2) is 42.5 Å². The Balaban J connectivity index is 1.51. The van der Waals surface area contributed by atoms with Gasteiger partial charge in [0.2, 0.25) is 0 Å². The summed E-state index contributed by atoms with van der Waals surface area (Å²) in [5.74, 6) is 0. The number of amides is 1. The molecule has 148 valence electrons. The zero-order valence-corrected chi connectivity index (χ0v) is 16.3. The number of morpholine rings is 1. The maximum atomic E-state index is 12.8. The third kappa shape index (κ3) is 3.62. The molecule has 1 N–H and O–H groups in total. The maximum absolute atomic E-state index is 12.8. The quantitative estimate of drug-likeness (QED) is 0.883. The normalized spacial score (nSPS) is 26.8. The number of hydrogen-bond donors (Lipinski definition) is 1. The van der Waals surface area contributed by atoms with Crippen LogP contribution in [0.2, 0.25) is 0 Å². The third-order valence-corrected chi connectivity index (χ3v) is 5.70. The van der Waals surface area contributed by atoms with Crippen LogP contribution in [-0.2, 0) is 21.7 Å². The average molecular weight is 382 g/mol. The molecule has 0 radical (unpaired) electrons. The van der Waals surface area contributed by atoms with Crippen LogP contribution in [0.5, 0.6) is 0 Å². The molecule has 0 saturated carbocycles. The predicted molar refractivity (Wildman–Crippen MR) is 104 cm³/mol. The summed E-state index contributed by atoms with van der Waals surface area (Å²) in [5.41, 5.74) is 2.54. The van der Waals surface area contributed by atoms with Gasteiger partial charge in [-0.15, -0.1) is 0 Å². The second-order valence-electron chi connectivity index (χ2n) is 7.82. The number of pyridine rings is 1. The molecule has 28 heavy (non-hydrogen) atoms. The van der Waals surface area contributed by atoms with E-state index in [9.17, 15) is 9.90 Å². The van der Waals surface area contributed by atoms with Crippen LogP contribution in [0.25, 0.3) is 0 Å². The minimum atomic E-state index is -1.01. The highest BCUT2D eigenvalue weighted by molar-refractivity contribution is 5.69. The largest absolute Gasteiger partial charge is 0.445 e. The second-order valence-corrected chi connectivity index (χ2v) is 7.82. The van der Waals surface area contributed by atoms with E-state index in [2.05, 4.69) is 4.98 Å². The monoisotopic (exact) mass is 382 g/mol. The fourth-order valence-electron chi connectivity index (χ4n) is 4.47. The molecular weight excluding hydrogens is 356 g/mol. The summed E-state index contributed by atoms with van der Waals surface area (Å²) in [6.07, 6.45) is 0.480. The van der Waals surface area contributed by atoms with Gasteiger partial charge in [0, 0.05) is 29.8 Å². The lowest BCUT2D eigenvalue weighted by atomic mass is 9.76. The Bertz CT molecular complexity index is 841. The molecule has 2 aliphatic heterocycles. The van der Waals surface area contributed by atoms with Gasteiger partial charge in [-0.25, -0.2) is 4.79 Å². The van der Waals surface area contributed by atoms with Crippen molar-refractivity contribution in [3.05, 3.63) is 65.0 Å². The van der Waals surface area contributed by atoms with Crippen molar-refractivity contribution in [3.8, 4) is 0 Å². The van der Waals surface area contributed by atoms with Crippen LogP contribution in [0.4, 0.5) is 4.79 Å². The van der Waals surface area contributed by atoms with Gasteiger partial charge in [-0.2, -0.15) is 0 Å². The SMILES string of the molecule is Cc1ccc(C2(O)CC3COCC(C2)N3C(=O)OCc2ccccc2)c(C)n1. The first-order valence-corrected chi connectivity index (χ1v) is 9.70. The van der Waals surface area contributed by atoms with Crippen LogP contribution < -0.4 is 0 Å². The lowest BCUT2D eigenvalue weighted by Crippen LogP contribution is -2.62. The Morgan fingerprint density at radius 3 is 2.50 bits per heavy atom. The number of benzene rings is 1. The number of carbonyl (C=O) groups excluding carboxylic acids is 1. The molecule has 1 aromatic carbocycles. The van der Waals surface area contributed by atoms with Crippen molar-refractivity contribution in [1.29, 1.82) is 0 Å². The number of aliphatic hydroxyl groups is 1. The van der Waals surface area contributed by atoms with E-state index in [-0.39, 0.29) is 24.8 Å². The van der Waals surface area contributed by atoms with Gasteiger partial charge in [-0.3, -0.25) is 9.88 Å². The van der Waals surface area contributed by atoms with Gasteiger partial charge >= 0.3 is 6.09 Å². The van der Waals surface area contributed by atoms with Crippen LogP contribution in [-0.4, -0.2) is 46.4 Å². The molecule has 2 unspecified atom stereocenters. The molecular formula is C22H26N2O4. The minimum Gasteiger partial charge on any atom is -0.445 e. The molecule has 2 atom stereocenters. The molecule has 2 bridgehead atoms. The molecule has 0 spiro atoms. The first kappa shape index (κ1) is 18.9. The lowest BCUT2D eigenvalue weighted by Gasteiger charge is -2.51. The number of rotatable bonds is 3. The Kier molecular flexibility index (Phi) is 5.08. The van der Waals surface area contributed by atoms with E-state index >= 15 is 0 Å². The molecule has 2 saturated heterocycles. The van der Waals surface area contributed by atoms with E-state index in [0.29, 0.717) is 26.1 Å². The van der Waals surface area contributed by atoms with Crippen molar-refractivity contribution in [2.24, 2.45) is 0 Å². The fourth-order valence-corrected chi connectivity index (χ4v) is 4.47. The van der Waals surface area contributed by atoms with Crippen molar-refractivity contribution in [1.82, 2.24) is 9.88 Å². The highest BCUT2D eigenvalue weighted by Crippen LogP contribution is 2.42. The van der Waals surface area contributed by atoms with Gasteiger partial charge in [-0.1, -0.05) is 36.4 Å². The lowest BCUT2D eigenvalue weighted by molar-refractivity contribution is -0.137. The Morgan fingerprint density at radius 2 is 1.86 bits per heavy atom. The van der Waals surface area contributed by atoms with Gasteiger partial charge < -0.3 is 14.6 Å². The Labute approximate surface area is 165 Å². The molecule has 1 aromatic heterocycles. The van der Waals surface area contributed by atoms with E-state index in [1.807, 2.05) is 56.3 Å². The number of nitrogens with zero attached hydrogens (tertiary/aromatic N) is 2.